The second kappa shape index (κ2) is 2.91. The molecule has 1 saturated heterocycles. The fraction of sp³-hybridized carbons (Fsp3) is 0.273. The summed E-state index contributed by atoms with van der Waals surface area (Å²) in [4.78, 5) is 45.5. The van der Waals surface area contributed by atoms with Crippen LogP contribution in [0.3, 0.4) is 0 Å². The summed E-state index contributed by atoms with van der Waals surface area (Å²) >= 11 is 0. The summed E-state index contributed by atoms with van der Waals surface area (Å²) in [6.07, 6.45) is 4.13. The van der Waals surface area contributed by atoms with E-state index >= 15 is 0 Å². The number of Topliss-reactive ketones (excluding diaryl/α,β-unsaturated/α-hetero) is 1. The molecule has 0 radical (unpaired) electrons. The van der Waals surface area contributed by atoms with Crippen LogP contribution in [-0.4, -0.2) is 29.3 Å². The molecule has 86 valence electrons. The van der Waals surface area contributed by atoms with Gasteiger partial charge in [-0.2, -0.15) is 0 Å². The number of rotatable bonds is 0. The molecule has 0 bridgehead atoms. The van der Waals surface area contributed by atoms with Crippen LogP contribution in [0.4, 0.5) is 0 Å². The zero-order valence-corrected chi connectivity index (χ0v) is 8.47. The minimum atomic E-state index is -1.99. The Morgan fingerprint density at radius 3 is 2.41 bits per heavy atom. The molecular weight excluding hydrogens is 228 g/mol. The SMILES string of the molecule is O=C1OC2(OC1=O)C(=O)CC1C(=O)C=CC=C12. The molecule has 3 aliphatic rings. The molecule has 17 heavy (non-hydrogen) atoms. The average Bonchev–Trinajstić information content (AvgIpc) is 2.72. The number of hydrogen-bond donors (Lipinski definition) is 0. The lowest BCUT2D eigenvalue weighted by molar-refractivity contribution is -0.173. The van der Waals surface area contributed by atoms with Crippen molar-refractivity contribution in [3.63, 3.8) is 0 Å². The van der Waals surface area contributed by atoms with E-state index in [1.807, 2.05) is 0 Å². The molecule has 1 atom stereocenters. The highest BCUT2D eigenvalue weighted by Gasteiger charge is 2.64. The van der Waals surface area contributed by atoms with Crippen molar-refractivity contribution in [1.82, 2.24) is 0 Å². The van der Waals surface area contributed by atoms with E-state index in [0.717, 1.165) is 0 Å². The molecule has 0 N–H and O–H groups in total. The van der Waals surface area contributed by atoms with Crippen LogP contribution in [-0.2, 0) is 28.7 Å². The zero-order chi connectivity index (χ0) is 12.2. The first-order valence-electron chi connectivity index (χ1n) is 4.97. The zero-order valence-electron chi connectivity index (χ0n) is 8.47. The van der Waals surface area contributed by atoms with Gasteiger partial charge in [0.2, 0.25) is 5.78 Å². The highest BCUT2D eigenvalue weighted by molar-refractivity contribution is 6.33. The molecule has 6 nitrogen and oxygen atoms in total. The minimum absolute atomic E-state index is 0.116. The van der Waals surface area contributed by atoms with Crippen molar-refractivity contribution >= 4 is 23.5 Å². The Hall–Kier alpha value is -2.24. The molecule has 2 fully saturated rings. The van der Waals surface area contributed by atoms with Gasteiger partial charge in [0.1, 0.15) is 0 Å². The molecule has 0 amide bonds. The first-order valence-corrected chi connectivity index (χ1v) is 4.97. The molecule has 1 unspecified atom stereocenters. The third-order valence-corrected chi connectivity index (χ3v) is 3.03. The summed E-state index contributed by atoms with van der Waals surface area (Å²) < 4.78 is 9.48. The second-order valence-corrected chi connectivity index (χ2v) is 3.96. The predicted octanol–water partition coefficient (Wildman–Crippen LogP) is -0.563. The van der Waals surface area contributed by atoms with E-state index in [0.29, 0.717) is 0 Å². The van der Waals surface area contributed by atoms with E-state index in [1.165, 1.54) is 18.2 Å². The molecule has 2 aliphatic carbocycles. The van der Waals surface area contributed by atoms with Gasteiger partial charge < -0.3 is 9.47 Å². The van der Waals surface area contributed by atoms with Crippen LogP contribution in [0.5, 0.6) is 0 Å². The smallest absolute Gasteiger partial charge is 0.403 e. The average molecular weight is 234 g/mol. The lowest BCUT2D eigenvalue weighted by atomic mass is 9.92. The Morgan fingerprint density at radius 1 is 1.12 bits per heavy atom. The fourth-order valence-corrected chi connectivity index (χ4v) is 2.26. The summed E-state index contributed by atoms with van der Waals surface area (Å²) in [6, 6.07) is 0. The van der Waals surface area contributed by atoms with E-state index in [9.17, 15) is 19.2 Å². The summed E-state index contributed by atoms with van der Waals surface area (Å²) in [7, 11) is 0. The normalized spacial score (nSPS) is 29.2. The molecule has 1 saturated carbocycles. The highest BCUT2D eigenvalue weighted by atomic mass is 16.8. The summed E-state index contributed by atoms with van der Waals surface area (Å²) in [5.74, 6) is -5.93. The van der Waals surface area contributed by atoms with Crippen molar-refractivity contribution in [2.24, 2.45) is 5.92 Å². The van der Waals surface area contributed by atoms with E-state index in [4.69, 9.17) is 9.47 Å². The van der Waals surface area contributed by atoms with Crippen molar-refractivity contribution in [3.8, 4) is 0 Å². The van der Waals surface area contributed by atoms with Gasteiger partial charge in [-0.05, 0) is 6.08 Å². The summed E-state index contributed by atoms with van der Waals surface area (Å²) in [5, 5.41) is 0. The largest absolute Gasteiger partial charge is 0.421 e. The number of carbonyl (C=O) groups is 4. The van der Waals surface area contributed by atoms with Crippen LogP contribution in [0.1, 0.15) is 6.42 Å². The predicted molar refractivity (Wildman–Crippen MR) is 50.3 cm³/mol. The van der Waals surface area contributed by atoms with Gasteiger partial charge in [-0.1, -0.05) is 12.2 Å². The van der Waals surface area contributed by atoms with Crippen molar-refractivity contribution in [2.75, 3.05) is 0 Å². The topological polar surface area (TPSA) is 86.7 Å². The molecule has 1 spiro atoms. The van der Waals surface area contributed by atoms with Crippen LogP contribution >= 0.6 is 0 Å². The third-order valence-electron chi connectivity index (χ3n) is 3.03. The van der Waals surface area contributed by atoms with Crippen LogP contribution in [0.25, 0.3) is 0 Å². The number of ether oxygens (including phenoxy) is 2. The molecular formula is C11H6O6. The molecule has 0 aromatic heterocycles. The summed E-state index contributed by atoms with van der Waals surface area (Å²) in [6.45, 7) is 0. The molecule has 1 heterocycles. The summed E-state index contributed by atoms with van der Waals surface area (Å²) in [5.41, 5.74) is 0.231. The van der Waals surface area contributed by atoms with E-state index in [2.05, 4.69) is 0 Å². The number of hydrogen-bond acceptors (Lipinski definition) is 6. The van der Waals surface area contributed by atoms with Crippen LogP contribution in [0.2, 0.25) is 0 Å². The van der Waals surface area contributed by atoms with E-state index < -0.39 is 29.4 Å². The van der Waals surface area contributed by atoms with Crippen LogP contribution < -0.4 is 0 Å². The maximum Gasteiger partial charge on any atom is 0.421 e. The van der Waals surface area contributed by atoms with E-state index in [-0.39, 0.29) is 17.8 Å². The van der Waals surface area contributed by atoms with Gasteiger partial charge in [-0.3, -0.25) is 9.59 Å². The Balaban J connectivity index is 2.12. The Kier molecular flexibility index (Phi) is 1.70. The van der Waals surface area contributed by atoms with Gasteiger partial charge >= 0.3 is 17.7 Å². The van der Waals surface area contributed by atoms with Gasteiger partial charge in [-0.25, -0.2) is 9.59 Å². The fourth-order valence-electron chi connectivity index (χ4n) is 2.26. The standard InChI is InChI=1S/C11H6O6/c12-7-3-1-2-6-5(7)4-8(13)11(6)16-9(14)10(15)17-11/h1-3,5H,4H2. The highest BCUT2D eigenvalue weighted by Crippen LogP contribution is 2.45. The maximum absolute atomic E-state index is 11.8. The molecule has 0 aromatic rings. The quantitative estimate of drug-likeness (QED) is 0.412. The van der Waals surface area contributed by atoms with Crippen molar-refractivity contribution in [2.45, 2.75) is 12.2 Å². The van der Waals surface area contributed by atoms with Gasteiger partial charge in [0.25, 0.3) is 0 Å². The van der Waals surface area contributed by atoms with Gasteiger partial charge in [-0.15, -0.1) is 0 Å². The minimum Gasteiger partial charge on any atom is -0.403 e. The second-order valence-electron chi connectivity index (χ2n) is 3.96. The first kappa shape index (κ1) is 9.95. The monoisotopic (exact) mass is 234 g/mol. The maximum atomic E-state index is 11.8. The van der Waals surface area contributed by atoms with Gasteiger partial charge in [0.15, 0.2) is 5.78 Å². The molecule has 3 rings (SSSR count). The number of esters is 2. The molecule has 0 aromatic carbocycles. The van der Waals surface area contributed by atoms with Crippen molar-refractivity contribution < 1.29 is 28.7 Å². The van der Waals surface area contributed by atoms with Crippen LogP contribution in [0, 0.1) is 5.92 Å². The van der Waals surface area contributed by atoms with Gasteiger partial charge in [0.05, 0.1) is 5.92 Å². The molecule has 6 heteroatoms. The number of allylic oxidation sites excluding steroid dienone is 3. The Labute approximate surface area is 94.9 Å². The number of ketones is 2. The first-order chi connectivity index (χ1) is 8.04. The number of carbonyl (C=O) groups excluding carboxylic acids is 4. The third kappa shape index (κ3) is 1.09. The van der Waals surface area contributed by atoms with E-state index in [1.54, 1.807) is 0 Å². The number of fused-ring (bicyclic) bond motifs is 2. The lowest BCUT2D eigenvalue weighted by Gasteiger charge is -2.22. The Bertz CT molecular complexity index is 522. The lowest BCUT2D eigenvalue weighted by Crippen LogP contribution is -2.38. The van der Waals surface area contributed by atoms with Crippen molar-refractivity contribution in [3.05, 3.63) is 23.8 Å². The van der Waals surface area contributed by atoms with Crippen molar-refractivity contribution in [1.29, 1.82) is 0 Å². The molecule has 1 aliphatic heterocycles. The van der Waals surface area contributed by atoms with Gasteiger partial charge in [0, 0.05) is 12.0 Å². The Morgan fingerprint density at radius 2 is 1.76 bits per heavy atom. The van der Waals surface area contributed by atoms with Crippen LogP contribution in [0.15, 0.2) is 23.8 Å².